The average Bonchev–Trinajstić information content (AvgIpc) is 3.59. The lowest BCUT2D eigenvalue weighted by atomic mass is 9.97. The van der Waals surface area contributed by atoms with Crippen LogP contribution in [0.5, 0.6) is 0 Å². The van der Waals surface area contributed by atoms with Crippen molar-refractivity contribution in [1.29, 1.82) is 0 Å². The number of ether oxygens (including phenoxy) is 1. The fourth-order valence-corrected chi connectivity index (χ4v) is 6.91. The highest BCUT2D eigenvalue weighted by atomic mass is 35.5. The third-order valence-corrected chi connectivity index (χ3v) is 9.14. The highest BCUT2D eigenvalue weighted by Gasteiger charge is 2.35. The van der Waals surface area contributed by atoms with Gasteiger partial charge in [-0.1, -0.05) is 17.7 Å². The Kier molecular flexibility index (Phi) is 6.04. The molecule has 1 aromatic carbocycles. The average molecular weight is 547 g/mol. The number of H-pyrrole nitrogens is 1. The predicted octanol–water partition coefficient (Wildman–Crippen LogP) is 5.16. The zero-order chi connectivity index (χ0) is 26.8. The largest absolute Gasteiger partial charge is 0.381 e. The summed E-state index contributed by atoms with van der Waals surface area (Å²) in [5, 5.41) is 14.1. The number of hydrogen-bond donors (Lipinski definition) is 1. The van der Waals surface area contributed by atoms with Crippen LogP contribution in [-0.2, 0) is 24.8 Å². The monoisotopic (exact) mass is 546 g/mol. The number of aromatic nitrogens is 6. The van der Waals surface area contributed by atoms with Crippen molar-refractivity contribution in [3.05, 3.63) is 45.9 Å². The first kappa shape index (κ1) is 24.8. The number of benzene rings is 1. The zero-order valence-electron chi connectivity index (χ0n) is 23.0. The summed E-state index contributed by atoms with van der Waals surface area (Å²) in [5.74, 6) is 3.32. The molecule has 2 aliphatic heterocycles. The third kappa shape index (κ3) is 4.17. The second-order valence-corrected chi connectivity index (χ2v) is 11.8. The summed E-state index contributed by atoms with van der Waals surface area (Å²) in [4.78, 5) is 15.4. The molecule has 4 aromatic rings. The van der Waals surface area contributed by atoms with Crippen LogP contribution in [0.25, 0.3) is 22.3 Å². The second kappa shape index (κ2) is 9.48. The Hall–Kier alpha value is -3.17. The fraction of sp³-hybridized carbons (Fsp3) is 0.517. The van der Waals surface area contributed by atoms with Gasteiger partial charge in [0.05, 0.1) is 29.2 Å². The van der Waals surface area contributed by atoms with Crippen molar-refractivity contribution >= 4 is 34.1 Å². The molecule has 3 aromatic heterocycles. The minimum Gasteiger partial charge on any atom is -0.381 e. The summed E-state index contributed by atoms with van der Waals surface area (Å²) in [7, 11) is 3.83. The van der Waals surface area contributed by atoms with Crippen LogP contribution in [0.2, 0.25) is 5.02 Å². The third-order valence-electron chi connectivity index (χ3n) is 8.78. The second-order valence-electron chi connectivity index (χ2n) is 11.4. The molecule has 1 aliphatic carbocycles. The minimum absolute atomic E-state index is 0.279. The van der Waals surface area contributed by atoms with Gasteiger partial charge in [0.25, 0.3) is 0 Å². The summed E-state index contributed by atoms with van der Waals surface area (Å²) in [6.07, 6.45) is 7.30. The molecule has 5 heterocycles. The van der Waals surface area contributed by atoms with Crippen molar-refractivity contribution < 1.29 is 4.74 Å². The van der Waals surface area contributed by atoms with Gasteiger partial charge in [-0.2, -0.15) is 10.2 Å². The van der Waals surface area contributed by atoms with Gasteiger partial charge in [-0.3, -0.25) is 9.78 Å². The lowest BCUT2D eigenvalue weighted by Gasteiger charge is -2.40. The van der Waals surface area contributed by atoms with Gasteiger partial charge in [0, 0.05) is 68.7 Å². The molecule has 0 radical (unpaired) electrons. The van der Waals surface area contributed by atoms with E-state index in [9.17, 15) is 0 Å². The van der Waals surface area contributed by atoms with Crippen LogP contribution in [0.3, 0.4) is 0 Å². The molecule has 7 rings (SSSR count). The Balaban J connectivity index is 1.34. The number of nitrogens with one attached hydrogen (secondary N) is 1. The number of methoxy groups -OCH3 is 1. The van der Waals surface area contributed by atoms with E-state index in [1.165, 1.54) is 18.4 Å². The van der Waals surface area contributed by atoms with Crippen LogP contribution in [0.15, 0.2) is 18.3 Å². The highest BCUT2D eigenvalue weighted by molar-refractivity contribution is 6.33. The SMILES string of the molecule is CO[C@@H]1CCN(c2nc(-c3c(C)ccc4[nH]ncc34)nc3c2CN(c2c(Cl)c(C4CC4)nn2C)CC3)[C@H](C)C1. The summed E-state index contributed by atoms with van der Waals surface area (Å²) >= 11 is 6.95. The van der Waals surface area contributed by atoms with E-state index in [0.717, 1.165) is 88.3 Å². The van der Waals surface area contributed by atoms with Crippen LogP contribution in [0.1, 0.15) is 61.0 Å². The Morgan fingerprint density at radius 2 is 1.97 bits per heavy atom. The predicted molar refractivity (Wildman–Crippen MR) is 154 cm³/mol. The molecule has 39 heavy (non-hydrogen) atoms. The Morgan fingerprint density at radius 1 is 1.13 bits per heavy atom. The minimum atomic E-state index is 0.279. The molecular formula is C29H35ClN8O. The number of rotatable bonds is 5. The van der Waals surface area contributed by atoms with Gasteiger partial charge in [0.2, 0.25) is 0 Å². The maximum atomic E-state index is 6.95. The number of piperidine rings is 1. The first-order chi connectivity index (χ1) is 18.9. The summed E-state index contributed by atoms with van der Waals surface area (Å²) in [6, 6.07) is 4.50. The van der Waals surface area contributed by atoms with E-state index in [1.54, 1.807) is 0 Å². The van der Waals surface area contributed by atoms with Crippen molar-refractivity contribution in [2.75, 3.05) is 30.0 Å². The van der Waals surface area contributed by atoms with Gasteiger partial charge < -0.3 is 14.5 Å². The molecule has 10 heteroatoms. The van der Waals surface area contributed by atoms with E-state index in [4.69, 9.17) is 31.4 Å². The number of fused-ring (bicyclic) bond motifs is 2. The molecule has 2 fully saturated rings. The molecule has 0 amide bonds. The van der Waals surface area contributed by atoms with E-state index in [2.05, 4.69) is 46.0 Å². The molecule has 0 spiro atoms. The standard InChI is InChI=1S/C29H35ClN8O/c1-16-5-8-23-20(14-31-34-23)24(16)27-32-22-10-11-37(29-25(30)26(18-6-7-18)35-36(29)3)15-21(22)28(33-27)38-12-9-19(39-4)13-17(38)2/h5,8,14,17-19H,6-7,9-13,15H2,1-4H3,(H,31,34)/t17-,19-/m1/s1. The Morgan fingerprint density at radius 3 is 2.74 bits per heavy atom. The first-order valence-electron chi connectivity index (χ1n) is 14.0. The van der Waals surface area contributed by atoms with Gasteiger partial charge >= 0.3 is 0 Å². The van der Waals surface area contributed by atoms with E-state index in [-0.39, 0.29) is 6.10 Å². The normalized spacial score (nSPS) is 21.6. The molecule has 204 valence electrons. The molecule has 9 nitrogen and oxygen atoms in total. The quantitative estimate of drug-likeness (QED) is 0.370. The summed E-state index contributed by atoms with van der Waals surface area (Å²) < 4.78 is 7.70. The first-order valence-corrected chi connectivity index (χ1v) is 14.4. The van der Waals surface area contributed by atoms with E-state index >= 15 is 0 Å². The zero-order valence-corrected chi connectivity index (χ0v) is 23.8. The molecule has 1 saturated heterocycles. The van der Waals surface area contributed by atoms with Crippen molar-refractivity contribution in [3.8, 4) is 11.4 Å². The summed E-state index contributed by atoms with van der Waals surface area (Å²) in [6.45, 7) is 6.85. The van der Waals surface area contributed by atoms with Gasteiger partial charge in [-0.15, -0.1) is 0 Å². The van der Waals surface area contributed by atoms with Crippen molar-refractivity contribution in [1.82, 2.24) is 29.9 Å². The van der Waals surface area contributed by atoms with Crippen LogP contribution in [0, 0.1) is 6.92 Å². The van der Waals surface area contributed by atoms with Crippen molar-refractivity contribution in [3.63, 3.8) is 0 Å². The van der Waals surface area contributed by atoms with Gasteiger partial charge in [0.1, 0.15) is 16.7 Å². The number of aryl methyl sites for hydroxylation is 2. The van der Waals surface area contributed by atoms with E-state index in [0.29, 0.717) is 18.5 Å². The molecule has 0 unspecified atom stereocenters. The number of anilines is 2. The van der Waals surface area contributed by atoms with Gasteiger partial charge in [-0.25, -0.2) is 9.97 Å². The molecule has 3 aliphatic rings. The molecular weight excluding hydrogens is 512 g/mol. The van der Waals surface area contributed by atoms with Gasteiger partial charge in [0.15, 0.2) is 5.82 Å². The maximum absolute atomic E-state index is 6.95. The highest BCUT2D eigenvalue weighted by Crippen LogP contribution is 2.46. The van der Waals surface area contributed by atoms with Crippen LogP contribution in [0.4, 0.5) is 11.6 Å². The number of nitrogens with zero attached hydrogens (tertiary/aromatic N) is 7. The maximum Gasteiger partial charge on any atom is 0.162 e. The Labute approximate surface area is 233 Å². The lowest BCUT2D eigenvalue weighted by molar-refractivity contribution is 0.0719. The van der Waals surface area contributed by atoms with E-state index in [1.807, 2.05) is 25.0 Å². The fourth-order valence-electron chi connectivity index (χ4n) is 6.48. The smallest absolute Gasteiger partial charge is 0.162 e. The number of halogens is 1. The van der Waals surface area contributed by atoms with Crippen LogP contribution in [-0.4, -0.2) is 62.3 Å². The molecule has 2 atom stereocenters. The van der Waals surface area contributed by atoms with Gasteiger partial charge in [-0.05, 0) is 51.2 Å². The number of aromatic amines is 1. The van der Waals surface area contributed by atoms with Crippen LogP contribution < -0.4 is 9.80 Å². The Bertz CT molecular complexity index is 1560. The number of hydrogen-bond acceptors (Lipinski definition) is 7. The molecule has 1 N–H and O–H groups in total. The topological polar surface area (TPSA) is 88.0 Å². The van der Waals surface area contributed by atoms with E-state index < -0.39 is 0 Å². The summed E-state index contributed by atoms with van der Waals surface area (Å²) in [5.41, 5.74) is 6.55. The molecule has 0 bridgehead atoms. The lowest BCUT2D eigenvalue weighted by Crippen LogP contribution is -2.45. The van der Waals surface area contributed by atoms with Crippen LogP contribution >= 0.6 is 11.6 Å². The van der Waals surface area contributed by atoms with Crippen molar-refractivity contribution in [2.24, 2.45) is 7.05 Å². The molecule has 1 saturated carbocycles. The van der Waals surface area contributed by atoms with Crippen molar-refractivity contribution in [2.45, 2.75) is 70.6 Å².